The van der Waals surface area contributed by atoms with Gasteiger partial charge in [-0.2, -0.15) is 5.26 Å². The van der Waals surface area contributed by atoms with Gasteiger partial charge in [-0.1, -0.05) is 12.1 Å². The molecule has 0 radical (unpaired) electrons. The van der Waals surface area contributed by atoms with Crippen LogP contribution in [0.5, 0.6) is 5.75 Å². The van der Waals surface area contributed by atoms with Crippen molar-refractivity contribution in [3.05, 3.63) is 52.5 Å². The van der Waals surface area contributed by atoms with Crippen LogP contribution >= 0.6 is 0 Å². The first-order valence-electron chi connectivity index (χ1n) is 10.3. The molecule has 1 aliphatic heterocycles. The van der Waals surface area contributed by atoms with Crippen LogP contribution in [-0.2, 0) is 17.6 Å². The number of hydrogen-bond acceptors (Lipinski definition) is 7. The van der Waals surface area contributed by atoms with Gasteiger partial charge in [-0.15, -0.1) is 0 Å². The molecule has 2 aromatic rings. The number of amides is 1. The summed E-state index contributed by atoms with van der Waals surface area (Å²) in [6.45, 7) is 3.68. The van der Waals surface area contributed by atoms with Crippen molar-refractivity contribution in [2.45, 2.75) is 25.9 Å². The minimum absolute atomic E-state index is 0.0265. The molecule has 0 unspecified atom stereocenters. The lowest BCUT2D eigenvalue weighted by molar-refractivity contribution is -0.0124. The number of nitrogens with one attached hydrogen (secondary N) is 1. The zero-order valence-electron chi connectivity index (χ0n) is 17.9. The summed E-state index contributed by atoms with van der Waals surface area (Å²) in [6, 6.07) is 7.70. The number of methoxy groups -OCH3 is 1. The highest BCUT2D eigenvalue weighted by atomic mass is 16.5. The Morgan fingerprint density at radius 3 is 2.97 bits per heavy atom. The summed E-state index contributed by atoms with van der Waals surface area (Å²) >= 11 is 0. The second-order valence-electron chi connectivity index (χ2n) is 7.63. The lowest BCUT2D eigenvalue weighted by Gasteiger charge is -2.31. The SMILES string of the molecule is CNc1nc(Cc2ccc(C(=O)N3CCO[C@@H](C)C3)cc2OC)nc2c1C(C#N)=CC2. The van der Waals surface area contributed by atoms with Crippen LogP contribution in [-0.4, -0.2) is 60.7 Å². The third-order valence-electron chi connectivity index (χ3n) is 5.57. The van der Waals surface area contributed by atoms with Crippen molar-refractivity contribution in [2.24, 2.45) is 0 Å². The van der Waals surface area contributed by atoms with Crippen molar-refractivity contribution in [2.75, 3.05) is 39.2 Å². The van der Waals surface area contributed by atoms with Gasteiger partial charge in [-0.25, -0.2) is 9.97 Å². The molecule has 0 saturated carbocycles. The van der Waals surface area contributed by atoms with E-state index in [2.05, 4.69) is 21.4 Å². The highest BCUT2D eigenvalue weighted by Crippen LogP contribution is 2.32. The molecule has 1 saturated heterocycles. The van der Waals surface area contributed by atoms with Crippen LogP contribution in [0.1, 0.15) is 39.9 Å². The van der Waals surface area contributed by atoms with Gasteiger partial charge in [-0.05, 0) is 19.1 Å². The van der Waals surface area contributed by atoms with Crippen LogP contribution in [0.3, 0.4) is 0 Å². The van der Waals surface area contributed by atoms with Gasteiger partial charge < -0.3 is 19.7 Å². The van der Waals surface area contributed by atoms with Crippen LogP contribution in [0, 0.1) is 11.3 Å². The molecule has 1 aromatic carbocycles. The Morgan fingerprint density at radius 1 is 1.42 bits per heavy atom. The van der Waals surface area contributed by atoms with Gasteiger partial charge in [0.1, 0.15) is 17.4 Å². The second kappa shape index (κ2) is 8.74. The third-order valence-corrected chi connectivity index (χ3v) is 5.57. The van der Waals surface area contributed by atoms with E-state index < -0.39 is 0 Å². The predicted octanol–water partition coefficient (Wildman–Crippen LogP) is 2.44. The van der Waals surface area contributed by atoms with Gasteiger partial charge in [0.25, 0.3) is 5.91 Å². The zero-order chi connectivity index (χ0) is 22.0. The van der Waals surface area contributed by atoms with Crippen LogP contribution in [0.4, 0.5) is 5.82 Å². The standard InChI is InChI=1S/C23H25N5O3/c1-14-13-28(8-9-31-14)23(29)16-5-4-15(19(10-16)30-3)11-20-26-18-7-6-17(12-24)21(18)22(25-2)27-20/h4-6,10,14H,7-9,11,13H2,1-3H3,(H,25,26,27)/t14-/m0/s1. The summed E-state index contributed by atoms with van der Waals surface area (Å²) in [6.07, 6.45) is 2.98. The molecule has 1 amide bonds. The number of nitrogens with zero attached hydrogens (tertiary/aromatic N) is 4. The van der Waals surface area contributed by atoms with E-state index in [0.717, 1.165) is 16.8 Å². The van der Waals surface area contributed by atoms with Crippen LogP contribution in [0.15, 0.2) is 24.3 Å². The number of morpholine rings is 1. The summed E-state index contributed by atoms with van der Waals surface area (Å²) in [4.78, 5) is 24.0. The van der Waals surface area contributed by atoms with E-state index in [4.69, 9.17) is 9.47 Å². The molecule has 1 fully saturated rings. The first-order chi connectivity index (χ1) is 15.0. The normalized spacial score (nSPS) is 17.5. The number of hydrogen-bond donors (Lipinski definition) is 1. The molecule has 1 N–H and O–H groups in total. The van der Waals surface area contributed by atoms with Gasteiger partial charge in [-0.3, -0.25) is 4.79 Å². The number of anilines is 1. The number of ether oxygens (including phenoxy) is 2. The van der Waals surface area contributed by atoms with E-state index in [0.29, 0.717) is 61.1 Å². The molecule has 0 bridgehead atoms. The molecule has 4 rings (SSSR count). The van der Waals surface area contributed by atoms with E-state index >= 15 is 0 Å². The molecule has 1 atom stereocenters. The second-order valence-corrected chi connectivity index (χ2v) is 7.63. The largest absolute Gasteiger partial charge is 0.496 e. The monoisotopic (exact) mass is 419 g/mol. The predicted molar refractivity (Wildman–Crippen MR) is 116 cm³/mol. The molecule has 8 heteroatoms. The molecular weight excluding hydrogens is 394 g/mol. The summed E-state index contributed by atoms with van der Waals surface area (Å²) < 4.78 is 11.1. The summed E-state index contributed by atoms with van der Waals surface area (Å²) in [5.74, 6) is 1.88. The van der Waals surface area contributed by atoms with E-state index in [1.54, 1.807) is 20.2 Å². The van der Waals surface area contributed by atoms with Crippen molar-refractivity contribution in [1.29, 1.82) is 5.26 Å². The molecule has 1 aliphatic carbocycles. The average Bonchev–Trinajstić information content (AvgIpc) is 3.21. The van der Waals surface area contributed by atoms with E-state index in [9.17, 15) is 10.1 Å². The van der Waals surface area contributed by atoms with Gasteiger partial charge in [0.15, 0.2) is 0 Å². The maximum Gasteiger partial charge on any atom is 0.254 e. The van der Waals surface area contributed by atoms with Crippen LogP contribution in [0.2, 0.25) is 0 Å². The Morgan fingerprint density at radius 2 is 2.26 bits per heavy atom. The quantitative estimate of drug-likeness (QED) is 0.794. The Hall–Kier alpha value is -3.44. The number of carbonyl (C=O) groups is 1. The lowest BCUT2D eigenvalue weighted by atomic mass is 10.1. The molecule has 2 heterocycles. The van der Waals surface area contributed by atoms with E-state index in [1.807, 2.05) is 30.0 Å². The van der Waals surface area contributed by atoms with Gasteiger partial charge in [0.2, 0.25) is 0 Å². The maximum atomic E-state index is 12.9. The molecule has 8 nitrogen and oxygen atoms in total. The molecular formula is C23H25N5O3. The Kier molecular flexibility index (Phi) is 5.87. The van der Waals surface area contributed by atoms with Crippen molar-refractivity contribution in [3.8, 4) is 11.8 Å². The maximum absolute atomic E-state index is 12.9. The van der Waals surface area contributed by atoms with Gasteiger partial charge >= 0.3 is 0 Å². The fraction of sp³-hybridized carbons (Fsp3) is 0.391. The molecule has 1 aromatic heterocycles. The summed E-state index contributed by atoms with van der Waals surface area (Å²) in [7, 11) is 3.38. The summed E-state index contributed by atoms with van der Waals surface area (Å²) in [5, 5.41) is 12.4. The van der Waals surface area contributed by atoms with Gasteiger partial charge in [0.05, 0.1) is 42.7 Å². The first-order valence-corrected chi connectivity index (χ1v) is 10.3. The average molecular weight is 419 g/mol. The van der Waals surface area contributed by atoms with E-state index in [-0.39, 0.29) is 12.0 Å². The molecule has 0 spiro atoms. The number of rotatable bonds is 5. The Balaban J connectivity index is 1.59. The number of allylic oxidation sites excluding steroid dienone is 2. The molecule has 2 aliphatic rings. The minimum Gasteiger partial charge on any atom is -0.496 e. The van der Waals surface area contributed by atoms with Crippen molar-refractivity contribution in [1.82, 2.24) is 14.9 Å². The smallest absolute Gasteiger partial charge is 0.254 e. The zero-order valence-corrected chi connectivity index (χ0v) is 17.9. The molecule has 31 heavy (non-hydrogen) atoms. The van der Waals surface area contributed by atoms with Crippen molar-refractivity contribution in [3.63, 3.8) is 0 Å². The van der Waals surface area contributed by atoms with Gasteiger partial charge in [0, 0.05) is 44.1 Å². The third kappa shape index (κ3) is 4.09. The topological polar surface area (TPSA) is 100 Å². The Labute approximate surface area is 181 Å². The van der Waals surface area contributed by atoms with Crippen molar-refractivity contribution >= 4 is 17.3 Å². The highest BCUT2D eigenvalue weighted by Gasteiger charge is 2.24. The highest BCUT2D eigenvalue weighted by molar-refractivity contribution is 5.95. The fourth-order valence-corrected chi connectivity index (χ4v) is 4.03. The number of fused-ring (bicyclic) bond motifs is 1. The minimum atomic E-state index is -0.0265. The van der Waals surface area contributed by atoms with Crippen LogP contribution < -0.4 is 10.1 Å². The first kappa shape index (κ1) is 20.8. The number of carbonyl (C=O) groups excluding carboxylic acids is 1. The Bertz CT molecular complexity index is 1090. The van der Waals surface area contributed by atoms with Crippen molar-refractivity contribution < 1.29 is 14.3 Å². The lowest BCUT2D eigenvalue weighted by Crippen LogP contribution is -2.44. The number of aromatic nitrogens is 2. The molecule has 160 valence electrons. The summed E-state index contributed by atoms with van der Waals surface area (Å²) in [5.41, 5.74) is 3.70. The number of benzene rings is 1. The fourth-order valence-electron chi connectivity index (χ4n) is 4.03. The van der Waals surface area contributed by atoms with Crippen LogP contribution in [0.25, 0.3) is 5.57 Å². The van der Waals surface area contributed by atoms with E-state index in [1.165, 1.54) is 0 Å². The number of nitriles is 1.